The van der Waals surface area contributed by atoms with Crippen molar-refractivity contribution in [1.82, 2.24) is 10.7 Å². The Balaban J connectivity index is 1.78. The molecule has 0 bridgehead atoms. The highest BCUT2D eigenvalue weighted by atomic mass is 16.6. The Hall–Kier alpha value is -2.77. The van der Waals surface area contributed by atoms with Gasteiger partial charge in [0, 0.05) is 12.0 Å². The normalized spacial score (nSPS) is 15.2. The van der Waals surface area contributed by atoms with E-state index in [4.69, 9.17) is 0 Å². The van der Waals surface area contributed by atoms with Crippen molar-refractivity contribution in [3.05, 3.63) is 39.9 Å². The Labute approximate surface area is 139 Å². The summed E-state index contributed by atoms with van der Waals surface area (Å²) in [5.41, 5.74) is 2.44. The summed E-state index contributed by atoms with van der Waals surface area (Å²) in [5, 5.41) is 17.1. The molecule has 2 amide bonds. The second kappa shape index (κ2) is 8.76. The molecule has 1 fully saturated rings. The van der Waals surface area contributed by atoms with Crippen molar-refractivity contribution in [2.45, 2.75) is 32.1 Å². The molecule has 8 nitrogen and oxygen atoms in total. The first kappa shape index (κ1) is 17.6. The standard InChI is InChI=1S/C16H20N4O4/c21-15(11-17-16(22)12-6-2-1-3-7-12)19-18-10-13-8-4-5-9-14(13)20(23)24/h4-5,8-10,12H,1-3,6-7,11H2,(H,17,22)(H,19,21). The first-order chi connectivity index (χ1) is 11.6. The minimum absolute atomic E-state index is 0.0120. The van der Waals surface area contributed by atoms with E-state index >= 15 is 0 Å². The maximum Gasteiger partial charge on any atom is 0.278 e. The van der Waals surface area contributed by atoms with E-state index < -0.39 is 10.8 Å². The van der Waals surface area contributed by atoms with Gasteiger partial charge in [0.25, 0.3) is 11.6 Å². The van der Waals surface area contributed by atoms with E-state index in [-0.39, 0.29) is 29.6 Å². The van der Waals surface area contributed by atoms with Gasteiger partial charge >= 0.3 is 0 Å². The number of para-hydroxylation sites is 1. The van der Waals surface area contributed by atoms with Gasteiger partial charge in [-0.1, -0.05) is 31.4 Å². The van der Waals surface area contributed by atoms with Crippen LogP contribution in [0.3, 0.4) is 0 Å². The molecule has 0 aliphatic heterocycles. The second-order valence-electron chi connectivity index (χ2n) is 5.66. The minimum atomic E-state index is -0.520. The van der Waals surface area contributed by atoms with E-state index in [1.165, 1.54) is 18.3 Å². The Morgan fingerprint density at radius 2 is 1.96 bits per heavy atom. The van der Waals surface area contributed by atoms with Gasteiger partial charge in [-0.3, -0.25) is 19.7 Å². The predicted octanol–water partition coefficient (Wildman–Crippen LogP) is 1.74. The summed E-state index contributed by atoms with van der Waals surface area (Å²) in [4.78, 5) is 33.9. The van der Waals surface area contributed by atoms with Crippen molar-refractivity contribution in [2.75, 3.05) is 6.54 Å². The fraction of sp³-hybridized carbons (Fsp3) is 0.438. The van der Waals surface area contributed by atoms with Gasteiger partial charge in [-0.15, -0.1) is 0 Å². The van der Waals surface area contributed by atoms with Crippen LogP contribution in [0.4, 0.5) is 5.69 Å². The van der Waals surface area contributed by atoms with Gasteiger partial charge in [0.1, 0.15) is 0 Å². The molecule has 1 aliphatic rings. The van der Waals surface area contributed by atoms with Crippen molar-refractivity contribution in [1.29, 1.82) is 0 Å². The van der Waals surface area contributed by atoms with E-state index in [0.717, 1.165) is 32.1 Å². The van der Waals surface area contributed by atoms with Gasteiger partial charge < -0.3 is 5.32 Å². The van der Waals surface area contributed by atoms with Crippen molar-refractivity contribution in [3.8, 4) is 0 Å². The number of hydrogen-bond acceptors (Lipinski definition) is 5. The summed E-state index contributed by atoms with van der Waals surface area (Å²) >= 11 is 0. The summed E-state index contributed by atoms with van der Waals surface area (Å²) in [6.45, 7) is -0.163. The molecular formula is C16H20N4O4. The van der Waals surface area contributed by atoms with E-state index in [2.05, 4.69) is 15.8 Å². The van der Waals surface area contributed by atoms with E-state index in [9.17, 15) is 19.7 Å². The summed E-state index contributed by atoms with van der Waals surface area (Å²) < 4.78 is 0. The molecule has 1 saturated carbocycles. The van der Waals surface area contributed by atoms with Crippen LogP contribution in [0.1, 0.15) is 37.7 Å². The van der Waals surface area contributed by atoms with Crippen LogP contribution in [0.5, 0.6) is 0 Å². The molecular weight excluding hydrogens is 312 g/mol. The highest BCUT2D eigenvalue weighted by Gasteiger charge is 2.21. The molecule has 8 heteroatoms. The molecule has 1 aromatic carbocycles. The number of rotatable bonds is 6. The lowest BCUT2D eigenvalue weighted by atomic mass is 9.89. The molecule has 1 aliphatic carbocycles. The molecule has 0 unspecified atom stereocenters. The Morgan fingerprint density at radius 1 is 1.25 bits per heavy atom. The minimum Gasteiger partial charge on any atom is -0.347 e. The number of nitrogens with zero attached hydrogens (tertiary/aromatic N) is 2. The molecule has 2 N–H and O–H groups in total. The zero-order valence-electron chi connectivity index (χ0n) is 13.2. The Morgan fingerprint density at radius 3 is 2.67 bits per heavy atom. The highest BCUT2D eigenvalue weighted by molar-refractivity contribution is 5.88. The molecule has 0 spiro atoms. The van der Waals surface area contributed by atoms with Crippen LogP contribution in [0.25, 0.3) is 0 Å². The number of nitro groups is 1. The smallest absolute Gasteiger partial charge is 0.278 e. The van der Waals surface area contributed by atoms with Gasteiger partial charge in [0.15, 0.2) is 0 Å². The van der Waals surface area contributed by atoms with Crippen LogP contribution in [0.2, 0.25) is 0 Å². The lowest BCUT2D eigenvalue weighted by Crippen LogP contribution is -2.38. The van der Waals surface area contributed by atoms with E-state index in [1.807, 2.05) is 0 Å². The Bertz CT molecular complexity index is 639. The summed E-state index contributed by atoms with van der Waals surface area (Å²) in [6, 6.07) is 6.07. The molecule has 0 saturated heterocycles. The van der Waals surface area contributed by atoms with Gasteiger partial charge in [0.05, 0.1) is 23.2 Å². The fourth-order valence-electron chi connectivity index (χ4n) is 2.65. The molecule has 1 aromatic rings. The maximum absolute atomic E-state index is 11.9. The van der Waals surface area contributed by atoms with Crippen molar-refractivity contribution in [3.63, 3.8) is 0 Å². The number of benzene rings is 1. The molecule has 0 heterocycles. The number of hydrazone groups is 1. The van der Waals surface area contributed by atoms with Crippen LogP contribution < -0.4 is 10.7 Å². The van der Waals surface area contributed by atoms with Gasteiger partial charge in [-0.2, -0.15) is 5.10 Å². The number of nitro benzene ring substituents is 1. The van der Waals surface area contributed by atoms with E-state index in [0.29, 0.717) is 0 Å². The van der Waals surface area contributed by atoms with Gasteiger partial charge in [0.2, 0.25) is 5.91 Å². The molecule has 128 valence electrons. The zero-order chi connectivity index (χ0) is 17.4. The van der Waals surface area contributed by atoms with Crippen LogP contribution in [-0.2, 0) is 9.59 Å². The SMILES string of the molecule is O=C(CNC(=O)C1CCCCC1)NN=Cc1ccccc1[N+](=O)[O-]. The van der Waals surface area contributed by atoms with Crippen LogP contribution >= 0.6 is 0 Å². The average Bonchev–Trinajstić information content (AvgIpc) is 2.60. The number of nitrogens with one attached hydrogen (secondary N) is 2. The zero-order valence-corrected chi connectivity index (χ0v) is 13.2. The van der Waals surface area contributed by atoms with Crippen molar-refractivity contribution < 1.29 is 14.5 Å². The summed E-state index contributed by atoms with van der Waals surface area (Å²) in [7, 11) is 0. The average molecular weight is 332 g/mol. The monoisotopic (exact) mass is 332 g/mol. The molecule has 0 atom stereocenters. The van der Waals surface area contributed by atoms with Crippen molar-refractivity contribution >= 4 is 23.7 Å². The third kappa shape index (κ3) is 5.15. The summed E-state index contributed by atoms with van der Waals surface area (Å²) in [5.74, 6) is -0.594. The lowest BCUT2D eigenvalue weighted by molar-refractivity contribution is -0.385. The molecule has 0 radical (unpaired) electrons. The van der Waals surface area contributed by atoms with Gasteiger partial charge in [-0.25, -0.2) is 5.43 Å². The maximum atomic E-state index is 11.9. The van der Waals surface area contributed by atoms with Crippen LogP contribution in [0.15, 0.2) is 29.4 Å². The number of carbonyl (C=O) groups excluding carboxylic acids is 2. The number of amides is 2. The molecule has 2 rings (SSSR count). The number of hydrogen-bond donors (Lipinski definition) is 2. The summed E-state index contributed by atoms with van der Waals surface area (Å²) in [6.07, 6.45) is 6.19. The molecule has 24 heavy (non-hydrogen) atoms. The largest absolute Gasteiger partial charge is 0.347 e. The third-order valence-corrected chi connectivity index (χ3v) is 3.93. The van der Waals surface area contributed by atoms with Crippen LogP contribution in [0, 0.1) is 16.0 Å². The predicted molar refractivity (Wildman–Crippen MR) is 88.4 cm³/mol. The van der Waals surface area contributed by atoms with E-state index in [1.54, 1.807) is 12.1 Å². The topological polar surface area (TPSA) is 114 Å². The number of carbonyl (C=O) groups is 2. The fourth-order valence-corrected chi connectivity index (χ4v) is 2.65. The van der Waals surface area contributed by atoms with Gasteiger partial charge in [-0.05, 0) is 18.9 Å². The molecule has 0 aromatic heterocycles. The Kier molecular flexibility index (Phi) is 6.41. The quantitative estimate of drug-likeness (QED) is 0.469. The first-order valence-electron chi connectivity index (χ1n) is 7.91. The third-order valence-electron chi connectivity index (χ3n) is 3.93. The van der Waals surface area contributed by atoms with Crippen molar-refractivity contribution in [2.24, 2.45) is 11.0 Å². The highest BCUT2D eigenvalue weighted by Crippen LogP contribution is 2.23. The van der Waals surface area contributed by atoms with Crippen LogP contribution in [-0.4, -0.2) is 29.5 Å². The lowest BCUT2D eigenvalue weighted by Gasteiger charge is -2.20. The second-order valence-corrected chi connectivity index (χ2v) is 5.66. The first-order valence-corrected chi connectivity index (χ1v) is 7.91.